The molecule has 1 aromatic carbocycles. The smallest absolute Gasteiger partial charge is 0.00561 e. The molecule has 0 aromatic heterocycles. The highest BCUT2D eigenvalue weighted by Crippen LogP contribution is 2.11. The van der Waals surface area contributed by atoms with Crippen molar-refractivity contribution in [2.75, 3.05) is 0 Å². The van der Waals surface area contributed by atoms with Gasteiger partial charge in [0.15, 0.2) is 0 Å². The van der Waals surface area contributed by atoms with E-state index in [1.807, 2.05) is 42.5 Å². The molecule has 0 unspecified atom stereocenters. The summed E-state index contributed by atoms with van der Waals surface area (Å²) in [5.74, 6) is 0. The monoisotopic (exact) mass is 171 g/mol. The molecule has 13 heavy (non-hydrogen) atoms. The summed E-state index contributed by atoms with van der Waals surface area (Å²) in [6.45, 7) is 3.62. The number of nitrogens with two attached hydrogens (primary N) is 1. The van der Waals surface area contributed by atoms with Crippen LogP contribution in [0, 0.1) is 0 Å². The van der Waals surface area contributed by atoms with E-state index >= 15 is 0 Å². The first-order valence-electron chi connectivity index (χ1n) is 4.15. The number of benzene rings is 1. The molecular formula is C12H13N. The average Bonchev–Trinajstić information content (AvgIpc) is 2.17. The minimum Gasteiger partial charge on any atom is -0.405 e. The van der Waals surface area contributed by atoms with Crippen molar-refractivity contribution in [2.24, 2.45) is 5.73 Å². The van der Waals surface area contributed by atoms with Gasteiger partial charge < -0.3 is 5.73 Å². The number of hydrogen-bond acceptors (Lipinski definition) is 1. The van der Waals surface area contributed by atoms with Gasteiger partial charge >= 0.3 is 0 Å². The molecule has 1 heteroatoms. The molecule has 0 bridgehead atoms. The van der Waals surface area contributed by atoms with Crippen LogP contribution < -0.4 is 5.73 Å². The SMILES string of the molecule is C=CC=Cc1ccccc1C=CN. The van der Waals surface area contributed by atoms with Crippen molar-refractivity contribution in [3.8, 4) is 0 Å². The third-order valence-electron chi connectivity index (χ3n) is 1.68. The van der Waals surface area contributed by atoms with E-state index in [0.717, 1.165) is 11.1 Å². The maximum absolute atomic E-state index is 5.33. The average molecular weight is 171 g/mol. The first-order valence-corrected chi connectivity index (χ1v) is 4.15. The third-order valence-corrected chi connectivity index (χ3v) is 1.68. The summed E-state index contributed by atoms with van der Waals surface area (Å²) in [6.07, 6.45) is 9.08. The fourth-order valence-corrected chi connectivity index (χ4v) is 1.09. The Kier molecular flexibility index (Phi) is 3.58. The molecule has 0 atom stereocenters. The van der Waals surface area contributed by atoms with Crippen molar-refractivity contribution in [1.29, 1.82) is 0 Å². The maximum Gasteiger partial charge on any atom is -0.00561 e. The quantitative estimate of drug-likeness (QED) is 0.695. The summed E-state index contributed by atoms with van der Waals surface area (Å²) in [6, 6.07) is 8.04. The van der Waals surface area contributed by atoms with Crippen molar-refractivity contribution in [2.45, 2.75) is 0 Å². The lowest BCUT2D eigenvalue weighted by molar-refractivity contribution is 1.57. The zero-order valence-corrected chi connectivity index (χ0v) is 7.48. The summed E-state index contributed by atoms with van der Waals surface area (Å²) < 4.78 is 0. The molecular weight excluding hydrogens is 158 g/mol. The van der Waals surface area contributed by atoms with Gasteiger partial charge in [-0.2, -0.15) is 0 Å². The van der Waals surface area contributed by atoms with Crippen LogP contribution in [-0.2, 0) is 0 Å². The second-order valence-corrected chi connectivity index (χ2v) is 2.58. The summed E-state index contributed by atoms with van der Waals surface area (Å²) in [4.78, 5) is 0. The lowest BCUT2D eigenvalue weighted by Gasteiger charge is -1.98. The van der Waals surface area contributed by atoms with Gasteiger partial charge in [0.1, 0.15) is 0 Å². The van der Waals surface area contributed by atoms with Crippen LogP contribution in [0.2, 0.25) is 0 Å². The Balaban J connectivity index is 3.03. The third kappa shape index (κ3) is 2.64. The molecule has 0 fully saturated rings. The first-order chi connectivity index (χ1) is 6.38. The predicted molar refractivity (Wildman–Crippen MR) is 58.9 cm³/mol. The molecule has 66 valence electrons. The van der Waals surface area contributed by atoms with Gasteiger partial charge in [-0.05, 0) is 23.4 Å². The molecule has 0 aliphatic rings. The molecule has 0 spiro atoms. The zero-order valence-electron chi connectivity index (χ0n) is 7.48. The van der Waals surface area contributed by atoms with Crippen LogP contribution >= 0.6 is 0 Å². The summed E-state index contributed by atoms with van der Waals surface area (Å²) in [5, 5.41) is 0. The minimum atomic E-state index is 1.11. The summed E-state index contributed by atoms with van der Waals surface area (Å²) in [5.41, 5.74) is 7.59. The van der Waals surface area contributed by atoms with E-state index in [1.165, 1.54) is 0 Å². The van der Waals surface area contributed by atoms with Gasteiger partial charge in [0.25, 0.3) is 0 Å². The molecule has 0 aliphatic heterocycles. The van der Waals surface area contributed by atoms with E-state index < -0.39 is 0 Å². The van der Waals surface area contributed by atoms with Gasteiger partial charge in [0, 0.05) is 0 Å². The fraction of sp³-hybridized carbons (Fsp3) is 0. The minimum absolute atomic E-state index is 1.11. The second kappa shape index (κ2) is 4.99. The largest absolute Gasteiger partial charge is 0.405 e. The van der Waals surface area contributed by atoms with E-state index in [2.05, 4.69) is 6.58 Å². The van der Waals surface area contributed by atoms with Crippen molar-refractivity contribution < 1.29 is 0 Å². The van der Waals surface area contributed by atoms with Gasteiger partial charge in [-0.25, -0.2) is 0 Å². The molecule has 1 rings (SSSR count). The lowest BCUT2D eigenvalue weighted by atomic mass is 10.1. The van der Waals surface area contributed by atoms with E-state index in [-0.39, 0.29) is 0 Å². The molecule has 0 heterocycles. The zero-order chi connectivity index (χ0) is 9.52. The molecule has 1 aromatic rings. The highest BCUT2D eigenvalue weighted by atomic mass is 14.5. The van der Waals surface area contributed by atoms with Crippen molar-refractivity contribution in [3.63, 3.8) is 0 Å². The van der Waals surface area contributed by atoms with Gasteiger partial charge in [-0.15, -0.1) is 0 Å². The Morgan fingerprint density at radius 2 is 1.69 bits per heavy atom. The highest BCUT2D eigenvalue weighted by Gasteiger charge is 1.91. The van der Waals surface area contributed by atoms with Crippen LogP contribution in [0.1, 0.15) is 11.1 Å². The van der Waals surface area contributed by atoms with Crippen LogP contribution in [0.5, 0.6) is 0 Å². The molecule has 2 N–H and O–H groups in total. The van der Waals surface area contributed by atoms with Crippen LogP contribution in [0.3, 0.4) is 0 Å². The normalized spacial score (nSPS) is 11.1. The standard InChI is InChI=1S/C12H13N/c1-2-3-6-11-7-4-5-8-12(11)9-10-13/h2-10H,1,13H2. The van der Waals surface area contributed by atoms with Gasteiger partial charge in [0.2, 0.25) is 0 Å². The van der Waals surface area contributed by atoms with Crippen LogP contribution in [0.15, 0.2) is 49.2 Å². The highest BCUT2D eigenvalue weighted by molar-refractivity contribution is 5.65. The molecule has 0 amide bonds. The van der Waals surface area contributed by atoms with Crippen molar-refractivity contribution >= 4 is 12.2 Å². The van der Waals surface area contributed by atoms with E-state index in [1.54, 1.807) is 12.3 Å². The second-order valence-electron chi connectivity index (χ2n) is 2.58. The number of rotatable bonds is 3. The molecule has 1 nitrogen and oxygen atoms in total. The topological polar surface area (TPSA) is 26.0 Å². The van der Waals surface area contributed by atoms with Gasteiger partial charge in [-0.1, -0.05) is 49.1 Å². The fourth-order valence-electron chi connectivity index (χ4n) is 1.09. The van der Waals surface area contributed by atoms with Crippen LogP contribution in [0.4, 0.5) is 0 Å². The molecule has 0 saturated carbocycles. The Morgan fingerprint density at radius 1 is 1.08 bits per heavy atom. The molecule has 0 saturated heterocycles. The van der Waals surface area contributed by atoms with E-state index in [9.17, 15) is 0 Å². The first kappa shape index (κ1) is 9.33. The van der Waals surface area contributed by atoms with Gasteiger partial charge in [-0.3, -0.25) is 0 Å². The Morgan fingerprint density at radius 3 is 2.23 bits per heavy atom. The van der Waals surface area contributed by atoms with Crippen LogP contribution in [0.25, 0.3) is 12.2 Å². The number of hydrogen-bond donors (Lipinski definition) is 1. The molecule has 0 radical (unpaired) electrons. The summed E-state index contributed by atoms with van der Waals surface area (Å²) in [7, 11) is 0. The molecule has 0 aliphatic carbocycles. The van der Waals surface area contributed by atoms with Crippen molar-refractivity contribution in [3.05, 3.63) is 60.3 Å². The van der Waals surface area contributed by atoms with E-state index in [0.29, 0.717) is 0 Å². The summed E-state index contributed by atoms with van der Waals surface area (Å²) >= 11 is 0. The van der Waals surface area contributed by atoms with E-state index in [4.69, 9.17) is 5.73 Å². The maximum atomic E-state index is 5.33. The predicted octanol–water partition coefficient (Wildman–Crippen LogP) is 2.82. The van der Waals surface area contributed by atoms with Crippen molar-refractivity contribution in [1.82, 2.24) is 0 Å². The Labute approximate surface area is 78.9 Å². The Hall–Kier alpha value is -1.76. The lowest BCUT2D eigenvalue weighted by Crippen LogP contribution is -1.81. The Bertz CT molecular complexity index is 335. The van der Waals surface area contributed by atoms with Crippen LogP contribution in [-0.4, -0.2) is 0 Å². The number of allylic oxidation sites excluding steroid dienone is 2. The van der Waals surface area contributed by atoms with Gasteiger partial charge in [0.05, 0.1) is 0 Å².